The van der Waals surface area contributed by atoms with E-state index in [1.165, 1.54) is 0 Å². The van der Waals surface area contributed by atoms with E-state index in [1.54, 1.807) is 6.92 Å². The normalized spacial score (nSPS) is 10.4. The van der Waals surface area contributed by atoms with Crippen LogP contribution in [-0.2, 0) is 0 Å². The van der Waals surface area contributed by atoms with E-state index in [9.17, 15) is 13.2 Å². The molecule has 2 aromatic rings. The Balaban J connectivity index is 2.38. The maximum absolute atomic E-state index is 13.5. The van der Waals surface area contributed by atoms with Crippen molar-refractivity contribution in [1.29, 1.82) is 0 Å². The van der Waals surface area contributed by atoms with Gasteiger partial charge in [0.1, 0.15) is 17.8 Å². The van der Waals surface area contributed by atoms with Crippen LogP contribution in [0.3, 0.4) is 0 Å². The van der Waals surface area contributed by atoms with Gasteiger partial charge >= 0.3 is 0 Å². The number of anilines is 3. The zero-order chi connectivity index (χ0) is 14.7. The van der Waals surface area contributed by atoms with E-state index in [0.717, 1.165) is 12.4 Å². The summed E-state index contributed by atoms with van der Waals surface area (Å²) in [7, 11) is 0. The van der Waals surface area contributed by atoms with E-state index in [0.29, 0.717) is 12.7 Å². The van der Waals surface area contributed by atoms with Crippen LogP contribution in [0.25, 0.3) is 0 Å². The van der Waals surface area contributed by atoms with Gasteiger partial charge in [-0.3, -0.25) is 0 Å². The average Bonchev–Trinajstić information content (AvgIpc) is 2.40. The molecule has 8 heteroatoms. The lowest BCUT2D eigenvalue weighted by Crippen LogP contribution is -2.06. The van der Waals surface area contributed by atoms with Crippen molar-refractivity contribution in [2.75, 3.05) is 17.7 Å². The summed E-state index contributed by atoms with van der Waals surface area (Å²) in [6, 6.07) is 1.23. The summed E-state index contributed by atoms with van der Waals surface area (Å²) in [5.74, 6) is -3.38. The van der Waals surface area contributed by atoms with Crippen LogP contribution in [0.4, 0.5) is 30.4 Å². The second kappa shape index (κ2) is 5.64. The molecule has 0 aliphatic rings. The zero-order valence-electron chi connectivity index (χ0n) is 10.5. The number of nitrogens with zero attached hydrogens (tertiary/aromatic N) is 2. The quantitative estimate of drug-likeness (QED) is 0.844. The number of aromatic nitrogens is 2. The van der Waals surface area contributed by atoms with E-state index in [2.05, 4.69) is 15.3 Å². The number of nitrogens with one attached hydrogen (secondary N) is 1. The third kappa shape index (κ3) is 2.73. The van der Waals surface area contributed by atoms with E-state index >= 15 is 0 Å². The number of ether oxygens (including phenoxy) is 1. The maximum atomic E-state index is 13.5. The summed E-state index contributed by atoms with van der Waals surface area (Å²) in [4.78, 5) is 7.57. The first kappa shape index (κ1) is 13.9. The van der Waals surface area contributed by atoms with Crippen LogP contribution >= 0.6 is 0 Å². The molecule has 106 valence electrons. The lowest BCUT2D eigenvalue weighted by molar-refractivity contribution is 0.328. The first-order chi connectivity index (χ1) is 9.52. The second-order valence-corrected chi connectivity index (χ2v) is 3.75. The van der Waals surface area contributed by atoms with Crippen LogP contribution in [0.2, 0.25) is 0 Å². The summed E-state index contributed by atoms with van der Waals surface area (Å²) < 4.78 is 44.8. The molecule has 0 aliphatic heterocycles. The Hall–Kier alpha value is -2.51. The molecule has 0 saturated carbocycles. The van der Waals surface area contributed by atoms with E-state index in [-0.39, 0.29) is 17.4 Å². The van der Waals surface area contributed by atoms with Gasteiger partial charge in [-0.15, -0.1) is 0 Å². The number of rotatable bonds is 4. The highest BCUT2D eigenvalue weighted by Gasteiger charge is 2.15. The van der Waals surface area contributed by atoms with Crippen molar-refractivity contribution >= 4 is 17.2 Å². The van der Waals surface area contributed by atoms with Crippen molar-refractivity contribution in [3.05, 3.63) is 35.9 Å². The highest BCUT2D eigenvalue weighted by molar-refractivity contribution is 5.72. The number of halogens is 3. The fraction of sp³-hybridized carbons (Fsp3) is 0.167. The first-order valence-electron chi connectivity index (χ1n) is 5.67. The molecule has 0 fully saturated rings. The largest absolute Gasteiger partial charge is 0.476 e. The van der Waals surface area contributed by atoms with E-state index in [1.807, 2.05) is 0 Å². The fourth-order valence-electron chi connectivity index (χ4n) is 1.51. The molecular formula is C12H11F3N4O. The Bertz CT molecular complexity index is 636. The summed E-state index contributed by atoms with van der Waals surface area (Å²) in [5, 5.41) is 2.41. The van der Waals surface area contributed by atoms with Crippen molar-refractivity contribution in [3.8, 4) is 5.88 Å². The van der Waals surface area contributed by atoms with Crippen LogP contribution in [-0.4, -0.2) is 16.6 Å². The van der Waals surface area contributed by atoms with E-state index < -0.39 is 23.1 Å². The monoisotopic (exact) mass is 284 g/mol. The van der Waals surface area contributed by atoms with E-state index in [4.69, 9.17) is 10.5 Å². The van der Waals surface area contributed by atoms with Gasteiger partial charge in [-0.2, -0.15) is 4.98 Å². The summed E-state index contributed by atoms with van der Waals surface area (Å²) in [6.45, 7) is 2.06. The lowest BCUT2D eigenvalue weighted by atomic mass is 10.2. The zero-order valence-corrected chi connectivity index (χ0v) is 10.5. The number of hydrogen-bond donors (Lipinski definition) is 2. The van der Waals surface area contributed by atoms with Crippen LogP contribution in [0.1, 0.15) is 6.92 Å². The molecule has 0 radical (unpaired) electrons. The van der Waals surface area contributed by atoms with Gasteiger partial charge in [0.15, 0.2) is 17.5 Å². The Kier molecular flexibility index (Phi) is 3.92. The molecule has 5 nitrogen and oxygen atoms in total. The third-order valence-electron chi connectivity index (χ3n) is 2.37. The topological polar surface area (TPSA) is 73.1 Å². The number of benzene rings is 1. The molecule has 3 N–H and O–H groups in total. The van der Waals surface area contributed by atoms with Gasteiger partial charge in [-0.1, -0.05) is 0 Å². The predicted molar refractivity (Wildman–Crippen MR) is 67.2 cm³/mol. The Morgan fingerprint density at radius 2 is 2.00 bits per heavy atom. The predicted octanol–water partition coefficient (Wildman–Crippen LogP) is 2.62. The smallest absolute Gasteiger partial charge is 0.242 e. The van der Waals surface area contributed by atoms with Gasteiger partial charge < -0.3 is 15.8 Å². The molecule has 0 aliphatic carbocycles. The average molecular weight is 284 g/mol. The number of nitrogens with two attached hydrogens (primary N) is 1. The van der Waals surface area contributed by atoms with Crippen molar-refractivity contribution in [2.24, 2.45) is 0 Å². The number of nitrogen functional groups attached to an aromatic ring is 1. The molecule has 2 rings (SSSR count). The second-order valence-electron chi connectivity index (χ2n) is 3.75. The fourth-order valence-corrected chi connectivity index (χ4v) is 1.51. The molecule has 0 amide bonds. The Morgan fingerprint density at radius 1 is 1.25 bits per heavy atom. The molecule has 0 atom stereocenters. The lowest BCUT2D eigenvalue weighted by Gasteiger charge is -2.11. The SMILES string of the molecule is CCOc1ncnc(Nc2cc(F)cc(F)c2F)c1N. The van der Waals surface area contributed by atoms with Gasteiger partial charge in [0, 0.05) is 12.1 Å². The minimum Gasteiger partial charge on any atom is -0.476 e. The van der Waals surface area contributed by atoms with Gasteiger partial charge in [-0.05, 0) is 6.92 Å². The van der Waals surface area contributed by atoms with Crippen LogP contribution < -0.4 is 15.8 Å². The van der Waals surface area contributed by atoms with Crippen molar-refractivity contribution in [3.63, 3.8) is 0 Å². The van der Waals surface area contributed by atoms with Gasteiger partial charge in [-0.25, -0.2) is 18.2 Å². The minimum absolute atomic E-state index is 0.00708. The number of hydrogen-bond acceptors (Lipinski definition) is 5. The molecule has 0 saturated heterocycles. The molecular weight excluding hydrogens is 273 g/mol. The third-order valence-corrected chi connectivity index (χ3v) is 2.37. The molecule has 0 unspecified atom stereocenters. The molecule has 0 bridgehead atoms. The highest BCUT2D eigenvalue weighted by atomic mass is 19.2. The Morgan fingerprint density at radius 3 is 2.70 bits per heavy atom. The summed E-state index contributed by atoms with van der Waals surface area (Å²) >= 11 is 0. The Labute approximate surface area is 112 Å². The molecule has 1 heterocycles. The van der Waals surface area contributed by atoms with Crippen molar-refractivity contribution in [2.45, 2.75) is 6.92 Å². The van der Waals surface area contributed by atoms with Crippen molar-refractivity contribution in [1.82, 2.24) is 9.97 Å². The summed E-state index contributed by atoms with van der Waals surface area (Å²) in [6.07, 6.45) is 1.14. The standard InChI is InChI=1S/C12H11F3N4O/c1-2-20-12-10(16)11(17-5-18-12)19-8-4-6(13)3-7(14)9(8)15/h3-5H,2,16H2,1H3,(H,17,18,19). The molecule has 0 spiro atoms. The van der Waals surface area contributed by atoms with Gasteiger partial charge in [0.25, 0.3) is 0 Å². The van der Waals surface area contributed by atoms with Gasteiger partial charge in [0.2, 0.25) is 5.88 Å². The highest BCUT2D eigenvalue weighted by Crippen LogP contribution is 2.29. The van der Waals surface area contributed by atoms with Crippen molar-refractivity contribution < 1.29 is 17.9 Å². The minimum atomic E-state index is -1.31. The van der Waals surface area contributed by atoms with Gasteiger partial charge in [0.05, 0.1) is 12.3 Å². The molecule has 20 heavy (non-hydrogen) atoms. The first-order valence-corrected chi connectivity index (χ1v) is 5.67. The summed E-state index contributed by atoms with van der Waals surface area (Å²) in [5.41, 5.74) is 5.31. The molecule has 1 aromatic carbocycles. The van der Waals surface area contributed by atoms with Crippen LogP contribution in [0, 0.1) is 17.5 Å². The maximum Gasteiger partial charge on any atom is 0.242 e. The van der Waals surface area contributed by atoms with Crippen LogP contribution in [0.5, 0.6) is 5.88 Å². The van der Waals surface area contributed by atoms with Crippen LogP contribution in [0.15, 0.2) is 18.5 Å². The molecule has 1 aromatic heterocycles.